The van der Waals surface area contributed by atoms with Gasteiger partial charge in [-0.15, -0.1) is 0 Å². The lowest BCUT2D eigenvalue weighted by Gasteiger charge is -2.24. The van der Waals surface area contributed by atoms with Crippen LogP contribution in [0.25, 0.3) is 0 Å². The summed E-state index contributed by atoms with van der Waals surface area (Å²) in [7, 11) is 1.71. The average Bonchev–Trinajstić information content (AvgIpc) is 2.86. The summed E-state index contributed by atoms with van der Waals surface area (Å²) in [5, 5.41) is 2.80. The highest BCUT2D eigenvalue weighted by molar-refractivity contribution is 5.97. The van der Waals surface area contributed by atoms with Crippen LogP contribution in [0.1, 0.15) is 18.0 Å². The zero-order valence-electron chi connectivity index (χ0n) is 12.6. The van der Waals surface area contributed by atoms with E-state index >= 15 is 0 Å². The second kappa shape index (κ2) is 6.04. The van der Waals surface area contributed by atoms with Crippen molar-refractivity contribution in [1.29, 1.82) is 0 Å². The topological polar surface area (TPSA) is 101 Å². The van der Waals surface area contributed by atoms with E-state index in [4.69, 9.17) is 5.73 Å². The van der Waals surface area contributed by atoms with Gasteiger partial charge in [-0.05, 0) is 23.8 Å². The molecule has 1 aliphatic rings. The van der Waals surface area contributed by atoms with Gasteiger partial charge in [0.25, 0.3) is 0 Å². The van der Waals surface area contributed by atoms with Gasteiger partial charge in [-0.25, -0.2) is 4.98 Å². The number of hydrogen-bond acceptors (Lipinski definition) is 5. The predicted molar refractivity (Wildman–Crippen MR) is 85.1 cm³/mol. The first kappa shape index (κ1) is 15.0. The standard InChI is InChI=1S/C16H17N5O2/c1-21-14(22)7-12(15(21)10-3-2-6-18-8-10)16(23)20-11-4-5-13(17)19-9-11/h2-6,8-9,12,15H,7H2,1H3,(H2,17,19)(H,20,23)/t12-,15+/m1/s1. The predicted octanol–water partition coefficient (Wildman–Crippen LogP) is 1.22. The first-order valence-electron chi connectivity index (χ1n) is 7.24. The maximum absolute atomic E-state index is 12.6. The fourth-order valence-corrected chi connectivity index (χ4v) is 2.83. The Morgan fingerprint density at radius 1 is 1.35 bits per heavy atom. The van der Waals surface area contributed by atoms with Crippen LogP contribution in [0, 0.1) is 5.92 Å². The molecule has 2 aromatic heterocycles. The van der Waals surface area contributed by atoms with Crippen molar-refractivity contribution in [2.24, 2.45) is 5.92 Å². The van der Waals surface area contributed by atoms with E-state index in [0.29, 0.717) is 11.5 Å². The van der Waals surface area contributed by atoms with Crippen LogP contribution in [0.4, 0.5) is 11.5 Å². The molecule has 0 bridgehead atoms. The Kier molecular flexibility index (Phi) is 3.92. The van der Waals surface area contributed by atoms with Crippen molar-refractivity contribution in [2.45, 2.75) is 12.5 Å². The fraction of sp³-hybridized carbons (Fsp3) is 0.250. The van der Waals surface area contributed by atoms with Crippen molar-refractivity contribution in [2.75, 3.05) is 18.1 Å². The molecule has 2 amide bonds. The van der Waals surface area contributed by atoms with E-state index < -0.39 is 5.92 Å². The number of nitrogens with one attached hydrogen (secondary N) is 1. The first-order valence-corrected chi connectivity index (χ1v) is 7.24. The molecule has 118 valence electrons. The van der Waals surface area contributed by atoms with Gasteiger partial charge in [0.05, 0.1) is 23.8 Å². The Morgan fingerprint density at radius 3 is 2.83 bits per heavy atom. The highest BCUT2D eigenvalue weighted by Gasteiger charge is 2.42. The number of nitrogens with zero attached hydrogens (tertiary/aromatic N) is 3. The van der Waals surface area contributed by atoms with Gasteiger partial charge in [0.1, 0.15) is 5.82 Å². The minimum Gasteiger partial charge on any atom is -0.384 e. The monoisotopic (exact) mass is 311 g/mol. The Labute approximate surface area is 133 Å². The van der Waals surface area contributed by atoms with Crippen molar-refractivity contribution >= 4 is 23.3 Å². The summed E-state index contributed by atoms with van der Waals surface area (Å²) in [5.74, 6) is -0.376. The summed E-state index contributed by atoms with van der Waals surface area (Å²) >= 11 is 0. The molecule has 1 fully saturated rings. The number of aromatic nitrogens is 2. The second-order valence-electron chi connectivity index (χ2n) is 5.51. The number of carbonyl (C=O) groups is 2. The lowest BCUT2D eigenvalue weighted by Crippen LogP contribution is -2.30. The van der Waals surface area contributed by atoms with Crippen LogP contribution >= 0.6 is 0 Å². The van der Waals surface area contributed by atoms with Gasteiger partial charge in [0, 0.05) is 25.9 Å². The van der Waals surface area contributed by atoms with Crippen molar-refractivity contribution in [3.63, 3.8) is 0 Å². The van der Waals surface area contributed by atoms with E-state index in [9.17, 15) is 9.59 Å². The largest absolute Gasteiger partial charge is 0.384 e. The third-order valence-corrected chi connectivity index (χ3v) is 4.00. The maximum atomic E-state index is 12.6. The van der Waals surface area contributed by atoms with E-state index in [-0.39, 0.29) is 24.3 Å². The van der Waals surface area contributed by atoms with E-state index in [2.05, 4.69) is 15.3 Å². The van der Waals surface area contributed by atoms with Crippen LogP contribution in [0.3, 0.4) is 0 Å². The van der Waals surface area contributed by atoms with Crippen LogP contribution in [-0.4, -0.2) is 33.7 Å². The number of rotatable bonds is 3. The van der Waals surface area contributed by atoms with Crippen LogP contribution in [0.2, 0.25) is 0 Å². The Morgan fingerprint density at radius 2 is 2.17 bits per heavy atom. The number of nitrogen functional groups attached to an aromatic ring is 1. The van der Waals surface area contributed by atoms with Gasteiger partial charge in [0.2, 0.25) is 11.8 Å². The number of nitrogens with two attached hydrogens (primary N) is 1. The van der Waals surface area contributed by atoms with Crippen LogP contribution < -0.4 is 11.1 Å². The molecule has 2 atom stereocenters. The summed E-state index contributed by atoms with van der Waals surface area (Å²) in [6.45, 7) is 0. The van der Waals surface area contributed by atoms with Crippen molar-refractivity contribution in [1.82, 2.24) is 14.9 Å². The highest BCUT2D eigenvalue weighted by Crippen LogP contribution is 2.37. The molecule has 23 heavy (non-hydrogen) atoms. The molecule has 0 spiro atoms. The molecular weight excluding hydrogens is 294 g/mol. The summed E-state index contributed by atoms with van der Waals surface area (Å²) < 4.78 is 0. The minimum atomic E-state index is -0.478. The molecule has 0 unspecified atom stereocenters. The minimum absolute atomic E-state index is 0.0607. The van der Waals surface area contributed by atoms with Gasteiger partial charge in [0.15, 0.2) is 0 Å². The van der Waals surface area contributed by atoms with E-state index in [1.54, 1.807) is 42.5 Å². The molecule has 1 saturated heterocycles. The Balaban J connectivity index is 1.83. The lowest BCUT2D eigenvalue weighted by atomic mass is 9.94. The average molecular weight is 311 g/mol. The molecule has 7 nitrogen and oxygen atoms in total. The van der Waals surface area contributed by atoms with Gasteiger partial charge in [-0.3, -0.25) is 14.6 Å². The zero-order chi connectivity index (χ0) is 16.4. The number of likely N-dealkylation sites (tertiary alicyclic amines) is 1. The number of carbonyl (C=O) groups excluding carboxylic acids is 2. The third kappa shape index (κ3) is 2.98. The smallest absolute Gasteiger partial charge is 0.230 e. The number of anilines is 2. The number of pyridine rings is 2. The highest BCUT2D eigenvalue weighted by atomic mass is 16.2. The molecule has 0 aromatic carbocycles. The summed E-state index contributed by atoms with van der Waals surface area (Å²) in [6.07, 6.45) is 5.01. The quantitative estimate of drug-likeness (QED) is 0.887. The van der Waals surface area contributed by atoms with Gasteiger partial charge < -0.3 is 16.0 Å². The SMILES string of the molecule is CN1C(=O)C[C@@H](C(=O)Nc2ccc(N)nc2)[C@@H]1c1cccnc1. The van der Waals surface area contributed by atoms with Gasteiger partial charge >= 0.3 is 0 Å². The molecule has 2 aromatic rings. The van der Waals surface area contributed by atoms with E-state index in [1.165, 1.54) is 6.20 Å². The zero-order valence-corrected chi connectivity index (χ0v) is 12.6. The summed E-state index contributed by atoms with van der Waals surface area (Å²) in [6, 6.07) is 6.64. The van der Waals surface area contributed by atoms with Crippen LogP contribution in [-0.2, 0) is 9.59 Å². The Bertz CT molecular complexity index is 717. The molecule has 3 rings (SSSR count). The molecule has 3 N–H and O–H groups in total. The van der Waals surface area contributed by atoms with Crippen molar-refractivity contribution in [3.8, 4) is 0 Å². The normalized spacial score (nSPS) is 20.6. The van der Waals surface area contributed by atoms with E-state index in [1.807, 2.05) is 6.07 Å². The molecule has 0 radical (unpaired) electrons. The lowest BCUT2D eigenvalue weighted by molar-refractivity contribution is -0.127. The number of amides is 2. The van der Waals surface area contributed by atoms with E-state index in [0.717, 1.165) is 5.56 Å². The molecule has 3 heterocycles. The number of hydrogen-bond donors (Lipinski definition) is 2. The van der Waals surface area contributed by atoms with Crippen molar-refractivity contribution < 1.29 is 9.59 Å². The Hall–Kier alpha value is -2.96. The first-order chi connectivity index (χ1) is 11.1. The second-order valence-corrected chi connectivity index (χ2v) is 5.51. The molecular formula is C16H17N5O2. The van der Waals surface area contributed by atoms with Gasteiger partial charge in [-0.2, -0.15) is 0 Å². The van der Waals surface area contributed by atoms with Crippen LogP contribution in [0.5, 0.6) is 0 Å². The van der Waals surface area contributed by atoms with Gasteiger partial charge in [-0.1, -0.05) is 6.07 Å². The summed E-state index contributed by atoms with van der Waals surface area (Å²) in [5.41, 5.74) is 6.93. The molecule has 0 saturated carbocycles. The molecule has 0 aliphatic carbocycles. The summed E-state index contributed by atoms with van der Waals surface area (Å²) in [4.78, 5) is 34.3. The molecule has 7 heteroatoms. The van der Waals surface area contributed by atoms with Crippen molar-refractivity contribution in [3.05, 3.63) is 48.4 Å². The molecule has 1 aliphatic heterocycles. The fourth-order valence-electron chi connectivity index (χ4n) is 2.83. The maximum Gasteiger partial charge on any atom is 0.230 e. The van der Waals surface area contributed by atoms with Crippen LogP contribution in [0.15, 0.2) is 42.9 Å². The third-order valence-electron chi connectivity index (χ3n) is 4.00.